The molecule has 0 fully saturated rings. The molecule has 12 aromatic rings. The van der Waals surface area contributed by atoms with E-state index >= 15 is 0 Å². The summed E-state index contributed by atoms with van der Waals surface area (Å²) in [5.41, 5.74) is 18.3. The van der Waals surface area contributed by atoms with Crippen LogP contribution in [0.25, 0.3) is 111 Å². The Labute approximate surface area is 360 Å². The lowest BCUT2D eigenvalue weighted by Crippen LogP contribution is -1.94. The van der Waals surface area contributed by atoms with Crippen LogP contribution < -0.4 is 0 Å². The summed E-state index contributed by atoms with van der Waals surface area (Å²) in [7, 11) is 0. The Hall–Kier alpha value is -8.27. The van der Waals surface area contributed by atoms with E-state index in [9.17, 15) is 0 Å². The fourth-order valence-electron chi connectivity index (χ4n) is 9.31. The minimum Gasteiger partial charge on any atom is -0.309 e. The molecule has 0 aliphatic carbocycles. The first kappa shape index (κ1) is 35.7. The topological polar surface area (TPSA) is 22.8 Å². The molecule has 0 saturated heterocycles. The zero-order valence-corrected chi connectivity index (χ0v) is 33.9. The van der Waals surface area contributed by atoms with Crippen molar-refractivity contribution in [2.75, 3.05) is 0 Å². The lowest BCUT2D eigenvalue weighted by atomic mass is 9.97. The summed E-state index contributed by atoms with van der Waals surface area (Å²) in [5, 5.41) is 5.00. The second-order valence-electron chi connectivity index (χ2n) is 16.0. The predicted octanol–water partition coefficient (Wildman–Crippen LogP) is 15.6. The smallest absolute Gasteiger partial charge is 0.0715 e. The van der Waals surface area contributed by atoms with Gasteiger partial charge in [-0.3, -0.25) is 0 Å². The molecule has 0 aliphatic heterocycles. The number of nitrogens with zero attached hydrogens (tertiary/aromatic N) is 3. The van der Waals surface area contributed by atoms with Gasteiger partial charge in [0.1, 0.15) is 0 Å². The molecule has 0 saturated carbocycles. The van der Waals surface area contributed by atoms with Crippen molar-refractivity contribution in [2.24, 2.45) is 0 Å². The Balaban J connectivity index is 0.883. The largest absolute Gasteiger partial charge is 0.309 e. The number of para-hydroxylation sites is 3. The van der Waals surface area contributed by atoms with E-state index in [1.165, 1.54) is 71.6 Å². The summed E-state index contributed by atoms with van der Waals surface area (Å²) >= 11 is 0. The van der Waals surface area contributed by atoms with E-state index in [0.717, 1.165) is 39.3 Å². The van der Waals surface area contributed by atoms with Gasteiger partial charge in [0.05, 0.1) is 33.5 Å². The lowest BCUT2D eigenvalue weighted by molar-refractivity contribution is 1.18. The van der Waals surface area contributed by atoms with Gasteiger partial charge in [0.2, 0.25) is 0 Å². The summed E-state index contributed by atoms with van der Waals surface area (Å²) in [6.45, 7) is 0. The molecule has 3 nitrogen and oxygen atoms in total. The maximum absolute atomic E-state index is 5.08. The molecule has 12 rings (SSSR count). The van der Waals surface area contributed by atoms with Crippen molar-refractivity contribution in [1.82, 2.24) is 14.1 Å². The maximum Gasteiger partial charge on any atom is 0.0715 e. The molecule has 0 unspecified atom stereocenters. The minimum absolute atomic E-state index is 0.966. The first-order chi connectivity index (χ1) is 30.7. The van der Waals surface area contributed by atoms with Crippen LogP contribution in [0.15, 0.2) is 237 Å². The third-order valence-corrected chi connectivity index (χ3v) is 12.3. The molecule has 290 valence electrons. The average molecular weight is 790 g/mol. The van der Waals surface area contributed by atoms with Crippen LogP contribution in [0.4, 0.5) is 0 Å². The molecule has 0 aliphatic rings. The van der Waals surface area contributed by atoms with Gasteiger partial charge in [0, 0.05) is 44.0 Å². The second-order valence-corrected chi connectivity index (χ2v) is 16.0. The van der Waals surface area contributed by atoms with Gasteiger partial charge < -0.3 is 9.13 Å². The van der Waals surface area contributed by atoms with Crippen LogP contribution in [-0.4, -0.2) is 14.1 Å². The zero-order chi connectivity index (χ0) is 41.0. The highest BCUT2D eigenvalue weighted by Gasteiger charge is 2.17. The number of hydrogen-bond donors (Lipinski definition) is 0. The fourth-order valence-corrected chi connectivity index (χ4v) is 9.31. The van der Waals surface area contributed by atoms with Crippen LogP contribution in [0.2, 0.25) is 0 Å². The van der Waals surface area contributed by atoms with Crippen molar-refractivity contribution >= 4 is 43.6 Å². The van der Waals surface area contributed by atoms with Crippen molar-refractivity contribution in [3.05, 3.63) is 237 Å². The van der Waals surface area contributed by atoms with Crippen molar-refractivity contribution in [3.8, 4) is 67.3 Å². The SMILES string of the molecule is c1ccc(-c2cc(-c3ccc(-c4ccc(-n5c6ccccc6c6cc(-c7ccc8c(c7)c7ccccc7n8-c7ccccc7)ccc65)cc4)cc3)cc(-c3ccccc3)n2)cc1. The van der Waals surface area contributed by atoms with Crippen LogP contribution in [0, 0.1) is 0 Å². The number of pyridine rings is 1. The monoisotopic (exact) mass is 789 g/mol. The van der Waals surface area contributed by atoms with Crippen molar-refractivity contribution in [1.29, 1.82) is 0 Å². The normalized spacial score (nSPS) is 11.5. The van der Waals surface area contributed by atoms with Crippen molar-refractivity contribution in [3.63, 3.8) is 0 Å². The molecule has 0 radical (unpaired) electrons. The Morgan fingerprint density at radius 3 is 1.06 bits per heavy atom. The number of fused-ring (bicyclic) bond motifs is 6. The molecule has 0 N–H and O–H groups in total. The molecular weight excluding hydrogens is 751 g/mol. The fraction of sp³-hybridized carbons (Fsp3) is 0. The molecule has 3 heteroatoms. The summed E-state index contributed by atoms with van der Waals surface area (Å²) < 4.78 is 4.77. The van der Waals surface area contributed by atoms with E-state index in [1.54, 1.807) is 0 Å². The van der Waals surface area contributed by atoms with E-state index in [2.05, 4.69) is 234 Å². The summed E-state index contributed by atoms with van der Waals surface area (Å²) in [4.78, 5) is 5.08. The molecule has 62 heavy (non-hydrogen) atoms. The van der Waals surface area contributed by atoms with Crippen molar-refractivity contribution in [2.45, 2.75) is 0 Å². The minimum atomic E-state index is 0.966. The first-order valence-corrected chi connectivity index (χ1v) is 21.2. The van der Waals surface area contributed by atoms with Gasteiger partial charge in [-0.1, -0.05) is 164 Å². The molecule has 3 aromatic heterocycles. The summed E-state index contributed by atoms with van der Waals surface area (Å²) in [6, 6.07) is 85.2. The van der Waals surface area contributed by atoms with Crippen LogP contribution in [-0.2, 0) is 0 Å². The molecule has 0 bridgehead atoms. The first-order valence-electron chi connectivity index (χ1n) is 21.2. The zero-order valence-electron chi connectivity index (χ0n) is 33.9. The van der Waals surface area contributed by atoms with E-state index in [-0.39, 0.29) is 0 Å². The average Bonchev–Trinajstić information content (AvgIpc) is 3.87. The molecule has 0 spiro atoms. The molecule has 0 atom stereocenters. The van der Waals surface area contributed by atoms with Gasteiger partial charge >= 0.3 is 0 Å². The van der Waals surface area contributed by atoms with Crippen LogP contribution in [0.1, 0.15) is 0 Å². The van der Waals surface area contributed by atoms with E-state index < -0.39 is 0 Å². The van der Waals surface area contributed by atoms with E-state index in [1.807, 2.05) is 12.1 Å². The van der Waals surface area contributed by atoms with Gasteiger partial charge in [-0.2, -0.15) is 0 Å². The molecular formula is C59H39N3. The van der Waals surface area contributed by atoms with Gasteiger partial charge in [-0.25, -0.2) is 4.98 Å². The number of rotatable bonds is 7. The van der Waals surface area contributed by atoms with Gasteiger partial charge in [-0.15, -0.1) is 0 Å². The van der Waals surface area contributed by atoms with Gasteiger partial charge in [0.15, 0.2) is 0 Å². The third kappa shape index (κ3) is 6.10. The Morgan fingerprint density at radius 1 is 0.226 bits per heavy atom. The third-order valence-electron chi connectivity index (χ3n) is 12.3. The highest BCUT2D eigenvalue weighted by Crippen LogP contribution is 2.39. The molecule has 3 heterocycles. The number of aromatic nitrogens is 3. The summed E-state index contributed by atoms with van der Waals surface area (Å²) in [5.74, 6) is 0. The highest BCUT2D eigenvalue weighted by molar-refractivity contribution is 6.12. The molecule has 0 amide bonds. The highest BCUT2D eigenvalue weighted by atomic mass is 15.0. The lowest BCUT2D eigenvalue weighted by Gasteiger charge is -2.12. The Morgan fingerprint density at radius 2 is 0.581 bits per heavy atom. The van der Waals surface area contributed by atoms with Gasteiger partial charge in [-0.05, 0) is 106 Å². The Kier molecular flexibility index (Phi) is 8.50. The van der Waals surface area contributed by atoms with Crippen molar-refractivity contribution < 1.29 is 0 Å². The Bertz CT molecular complexity index is 3520. The molecule has 9 aromatic carbocycles. The maximum atomic E-state index is 5.08. The predicted molar refractivity (Wildman–Crippen MR) is 260 cm³/mol. The number of benzene rings is 9. The quantitative estimate of drug-likeness (QED) is 0.158. The standard InChI is InChI=1S/C59H39N3/c1-4-14-43(15-5-1)54-38-47(39-55(60-54)44-16-6-2-7-17-44)42-26-24-40(25-27-42)41-28-32-49(33-29-41)62-57-23-13-11-21-51(57)53-37-46(31-35-59(53)62)45-30-34-58-52(36-45)50-20-10-12-22-56(50)61(58)48-18-8-3-9-19-48/h1-39H. The summed E-state index contributed by atoms with van der Waals surface area (Å²) in [6.07, 6.45) is 0. The van der Waals surface area contributed by atoms with E-state index in [0.29, 0.717) is 0 Å². The van der Waals surface area contributed by atoms with Crippen LogP contribution in [0.3, 0.4) is 0 Å². The van der Waals surface area contributed by atoms with Gasteiger partial charge in [0.25, 0.3) is 0 Å². The second kappa shape index (κ2) is 14.8. The van der Waals surface area contributed by atoms with Crippen LogP contribution >= 0.6 is 0 Å². The van der Waals surface area contributed by atoms with E-state index in [4.69, 9.17) is 4.98 Å². The van der Waals surface area contributed by atoms with Crippen LogP contribution in [0.5, 0.6) is 0 Å². The number of hydrogen-bond acceptors (Lipinski definition) is 1.